The molecule has 0 unspecified atom stereocenters. The highest BCUT2D eigenvalue weighted by Gasteiger charge is 2.68. The summed E-state index contributed by atoms with van der Waals surface area (Å²) >= 11 is 12.6. The number of hydrogen-bond donors (Lipinski definition) is 0. The van der Waals surface area contributed by atoms with Gasteiger partial charge in [0.2, 0.25) is 4.33 Å². The summed E-state index contributed by atoms with van der Waals surface area (Å²) in [4.78, 5) is 9.71. The Kier molecular flexibility index (Phi) is 4.48. The first-order valence-electron chi connectivity index (χ1n) is 5.64. The van der Waals surface area contributed by atoms with Gasteiger partial charge in [-0.2, -0.15) is 9.78 Å². The molecular formula is C12H14Cl2O4. The zero-order valence-corrected chi connectivity index (χ0v) is 11.4. The summed E-state index contributed by atoms with van der Waals surface area (Å²) in [5.41, 5.74) is 0.641. The molecule has 1 aliphatic heterocycles. The van der Waals surface area contributed by atoms with Crippen molar-refractivity contribution in [3.05, 3.63) is 35.9 Å². The normalized spacial score (nSPS) is 17.7. The van der Waals surface area contributed by atoms with Gasteiger partial charge in [-0.3, -0.25) is 0 Å². The fourth-order valence-electron chi connectivity index (χ4n) is 1.48. The van der Waals surface area contributed by atoms with E-state index in [1.807, 2.05) is 25.1 Å². The molecule has 4 nitrogen and oxygen atoms in total. The fourth-order valence-corrected chi connectivity index (χ4v) is 1.97. The van der Waals surface area contributed by atoms with Gasteiger partial charge in [-0.15, -0.1) is 0 Å². The Bertz CT molecular complexity index is 379. The Morgan fingerprint density at radius 2 is 1.83 bits per heavy atom. The lowest BCUT2D eigenvalue weighted by atomic mass is 10.1. The van der Waals surface area contributed by atoms with Crippen molar-refractivity contribution in [2.75, 3.05) is 19.8 Å². The monoisotopic (exact) mass is 292 g/mol. The zero-order chi connectivity index (χ0) is 13.1. The van der Waals surface area contributed by atoms with E-state index >= 15 is 0 Å². The second kappa shape index (κ2) is 5.74. The molecule has 0 saturated carbocycles. The van der Waals surface area contributed by atoms with Crippen molar-refractivity contribution >= 4 is 23.2 Å². The van der Waals surface area contributed by atoms with Crippen LogP contribution in [0.25, 0.3) is 0 Å². The Balaban J connectivity index is 2.01. The number of ether oxygens (including phenoxy) is 2. The van der Waals surface area contributed by atoms with Gasteiger partial charge in [0.25, 0.3) is 0 Å². The van der Waals surface area contributed by atoms with Crippen molar-refractivity contribution in [3.8, 4) is 0 Å². The summed E-state index contributed by atoms with van der Waals surface area (Å²) in [5.74, 6) is -1.45. The van der Waals surface area contributed by atoms with Gasteiger partial charge in [-0.1, -0.05) is 53.5 Å². The number of alkyl halides is 2. The summed E-state index contributed by atoms with van der Waals surface area (Å²) in [6.07, 6.45) is 0. The fraction of sp³-hybridized carbons (Fsp3) is 0.500. The largest absolute Gasteiger partial charge is 0.379 e. The van der Waals surface area contributed by atoms with E-state index in [0.29, 0.717) is 18.8 Å². The molecule has 18 heavy (non-hydrogen) atoms. The van der Waals surface area contributed by atoms with Crippen LogP contribution < -0.4 is 0 Å². The number of hydrogen-bond acceptors (Lipinski definition) is 4. The quantitative estimate of drug-likeness (QED) is 0.335. The summed E-state index contributed by atoms with van der Waals surface area (Å²) in [6.45, 7) is 3.21. The van der Waals surface area contributed by atoms with Crippen LogP contribution in [-0.2, 0) is 23.6 Å². The Morgan fingerprint density at radius 1 is 1.17 bits per heavy atom. The van der Waals surface area contributed by atoms with E-state index in [1.54, 1.807) is 12.1 Å². The highest BCUT2D eigenvalue weighted by molar-refractivity contribution is 6.48. The highest BCUT2D eigenvalue weighted by atomic mass is 35.5. The molecular weight excluding hydrogens is 279 g/mol. The van der Waals surface area contributed by atoms with Crippen LogP contribution in [0.4, 0.5) is 0 Å². The van der Waals surface area contributed by atoms with Gasteiger partial charge in [0.15, 0.2) is 0 Å². The number of benzene rings is 1. The van der Waals surface area contributed by atoms with Crippen LogP contribution in [0.5, 0.6) is 0 Å². The van der Waals surface area contributed by atoms with Crippen molar-refractivity contribution < 1.29 is 19.2 Å². The molecule has 1 fully saturated rings. The maximum atomic E-state index is 6.28. The topological polar surface area (TPSA) is 43.5 Å². The van der Waals surface area contributed by atoms with Gasteiger partial charge in [0, 0.05) is 6.61 Å². The van der Waals surface area contributed by atoms with Crippen molar-refractivity contribution in [2.45, 2.75) is 17.2 Å². The molecule has 1 aromatic rings. The molecule has 2 rings (SSSR count). The molecule has 0 atom stereocenters. The van der Waals surface area contributed by atoms with Crippen LogP contribution in [-0.4, -0.2) is 25.8 Å². The minimum absolute atomic E-state index is 0.280. The Labute approximate surface area is 116 Å². The van der Waals surface area contributed by atoms with Gasteiger partial charge in [-0.25, -0.2) is 0 Å². The third kappa shape index (κ3) is 2.79. The van der Waals surface area contributed by atoms with Crippen LogP contribution in [0.2, 0.25) is 0 Å². The van der Waals surface area contributed by atoms with E-state index in [0.717, 1.165) is 0 Å². The molecule has 1 aliphatic rings. The molecule has 0 spiro atoms. The number of rotatable bonds is 7. The lowest BCUT2D eigenvalue weighted by Crippen LogP contribution is -2.36. The standard InChI is InChI=1S/C12H14Cl2O4/c1-2-15-8-9-16-12(17-18-12)11(13,14)10-6-4-3-5-7-10/h3-7H,2,8-9H2,1H3. The van der Waals surface area contributed by atoms with E-state index in [4.69, 9.17) is 42.5 Å². The molecule has 0 bridgehead atoms. The summed E-state index contributed by atoms with van der Waals surface area (Å²) in [7, 11) is 0. The maximum absolute atomic E-state index is 6.28. The van der Waals surface area contributed by atoms with E-state index in [9.17, 15) is 0 Å². The summed E-state index contributed by atoms with van der Waals surface area (Å²) in [6, 6.07) is 9.07. The van der Waals surface area contributed by atoms with E-state index in [-0.39, 0.29) is 6.61 Å². The van der Waals surface area contributed by atoms with E-state index < -0.39 is 10.3 Å². The minimum atomic E-state index is -1.45. The average molecular weight is 293 g/mol. The van der Waals surface area contributed by atoms with Crippen molar-refractivity contribution in [3.63, 3.8) is 0 Å². The van der Waals surface area contributed by atoms with Gasteiger partial charge >= 0.3 is 5.97 Å². The predicted octanol–water partition coefficient (Wildman–Crippen LogP) is 2.99. The molecule has 0 amide bonds. The Hall–Kier alpha value is -0.360. The van der Waals surface area contributed by atoms with Gasteiger partial charge in [-0.05, 0) is 12.5 Å². The lowest BCUT2D eigenvalue weighted by Gasteiger charge is -2.23. The van der Waals surface area contributed by atoms with Crippen molar-refractivity contribution in [2.24, 2.45) is 0 Å². The molecule has 0 aromatic heterocycles. The van der Waals surface area contributed by atoms with Crippen LogP contribution in [0.3, 0.4) is 0 Å². The first kappa shape index (κ1) is 14.1. The summed E-state index contributed by atoms with van der Waals surface area (Å²) in [5, 5.41) is 0. The second-order valence-electron chi connectivity index (χ2n) is 3.71. The van der Waals surface area contributed by atoms with Crippen LogP contribution in [0, 0.1) is 0 Å². The summed E-state index contributed by atoms with van der Waals surface area (Å²) < 4.78 is 9.15. The third-order valence-electron chi connectivity index (χ3n) is 2.48. The van der Waals surface area contributed by atoms with Crippen LogP contribution in [0.1, 0.15) is 12.5 Å². The number of halogens is 2. The molecule has 6 heteroatoms. The van der Waals surface area contributed by atoms with Crippen LogP contribution >= 0.6 is 23.2 Å². The lowest BCUT2D eigenvalue weighted by molar-refractivity contribution is -0.0857. The minimum Gasteiger partial charge on any atom is -0.379 e. The third-order valence-corrected chi connectivity index (χ3v) is 3.38. The smallest absolute Gasteiger partial charge is 0.377 e. The van der Waals surface area contributed by atoms with Crippen molar-refractivity contribution in [1.82, 2.24) is 0 Å². The molecule has 0 N–H and O–H groups in total. The maximum Gasteiger partial charge on any atom is 0.377 e. The molecule has 1 aromatic carbocycles. The van der Waals surface area contributed by atoms with E-state index in [2.05, 4.69) is 0 Å². The van der Waals surface area contributed by atoms with Crippen molar-refractivity contribution in [1.29, 1.82) is 0 Å². The molecule has 1 saturated heterocycles. The molecule has 100 valence electrons. The predicted molar refractivity (Wildman–Crippen MR) is 67.2 cm³/mol. The van der Waals surface area contributed by atoms with E-state index in [1.165, 1.54) is 0 Å². The van der Waals surface area contributed by atoms with Gasteiger partial charge in [0.05, 0.1) is 13.2 Å². The first-order chi connectivity index (χ1) is 8.62. The Morgan fingerprint density at radius 3 is 2.39 bits per heavy atom. The SMILES string of the molecule is CCOCCOC1(C(Cl)(Cl)c2ccccc2)OO1. The molecule has 0 aliphatic carbocycles. The van der Waals surface area contributed by atoms with Gasteiger partial charge < -0.3 is 9.47 Å². The second-order valence-corrected chi connectivity index (χ2v) is 5.04. The molecule has 0 radical (unpaired) electrons. The first-order valence-corrected chi connectivity index (χ1v) is 6.40. The van der Waals surface area contributed by atoms with Crippen LogP contribution in [0.15, 0.2) is 30.3 Å². The zero-order valence-electron chi connectivity index (χ0n) is 9.90. The van der Waals surface area contributed by atoms with Gasteiger partial charge in [0.1, 0.15) is 0 Å². The average Bonchev–Trinajstić information content (AvgIpc) is 3.17. The molecule has 1 heterocycles. The highest BCUT2D eigenvalue weighted by Crippen LogP contribution is 2.54.